The van der Waals surface area contributed by atoms with Crippen LogP contribution in [-0.2, 0) is 0 Å². The van der Waals surface area contributed by atoms with Gasteiger partial charge >= 0.3 is 0 Å². The molecule has 0 saturated heterocycles. The summed E-state index contributed by atoms with van der Waals surface area (Å²) in [6.07, 6.45) is 6.10. The Hall–Kier alpha value is -6.13. The Morgan fingerprint density at radius 1 is 1.07 bits per heavy atom. The second kappa shape index (κ2) is 11.0. The van der Waals surface area contributed by atoms with Crippen LogP contribution in [0.15, 0.2) is 84.2 Å². The number of hydrogen-bond donors (Lipinski definition) is 3. The number of rotatable bonds is 5. The molecule has 5 N–H and O–H groups in total. The third-order valence-electron chi connectivity index (χ3n) is 6.68. The quantitative estimate of drug-likeness (QED) is 0.259. The van der Waals surface area contributed by atoms with Crippen molar-refractivity contribution in [2.75, 3.05) is 12.3 Å². The Labute approximate surface area is 243 Å². The molecule has 0 bridgehead atoms. The Morgan fingerprint density at radius 3 is 2.67 bits per heavy atom. The topological polar surface area (TPSA) is 181 Å². The van der Waals surface area contributed by atoms with Crippen LogP contribution in [-0.4, -0.2) is 52.3 Å². The van der Waals surface area contributed by atoms with Crippen LogP contribution in [0.25, 0.3) is 22.2 Å². The van der Waals surface area contributed by atoms with Crippen LogP contribution in [0.4, 0.5) is 5.82 Å². The number of para-hydroxylation sites is 1. The molecule has 0 saturated carbocycles. The van der Waals surface area contributed by atoms with Crippen molar-refractivity contribution < 1.29 is 9.59 Å². The Balaban J connectivity index is 1.45. The molecular weight excluding hydrogens is 548 g/mol. The second-order valence-corrected chi connectivity index (χ2v) is 9.51. The van der Waals surface area contributed by atoms with Crippen LogP contribution in [0.1, 0.15) is 45.1 Å². The molecule has 13 heteroatoms. The maximum Gasteiger partial charge on any atom is 0.267 e. The lowest BCUT2D eigenvalue weighted by atomic mass is 10.1. The predicted octanol–water partition coefficient (Wildman–Crippen LogP) is 1.70. The highest BCUT2D eigenvalue weighted by Gasteiger charge is 2.24. The lowest BCUT2D eigenvalue weighted by molar-refractivity contribution is 0.0906. The molecule has 1 atom stereocenters. The molecule has 6 rings (SSSR count). The Bertz CT molecular complexity index is 2150. The standard InChI is InChI=1S/C30H24N10O3/c1-18(35-29(42)25-26(32)37-38-14-6-13-33-28(25)38)27-36-22-10-5-7-20(12-11-19-16-34-39(17-19)23(41)15-31)24(22)30(43)40(27)21-8-3-2-4-9-21/h2-10,13-14,16-18H,15,31H2,1H3,(H2,32,37)(H,35,42)/t18-/m0/s1. The lowest BCUT2D eigenvalue weighted by Gasteiger charge is -2.20. The summed E-state index contributed by atoms with van der Waals surface area (Å²) in [6.45, 7) is 1.54. The van der Waals surface area contributed by atoms with E-state index in [1.54, 1.807) is 67.8 Å². The summed E-state index contributed by atoms with van der Waals surface area (Å²) >= 11 is 0. The zero-order valence-electron chi connectivity index (χ0n) is 22.8. The van der Waals surface area contributed by atoms with Crippen molar-refractivity contribution in [1.29, 1.82) is 0 Å². The molecule has 0 aliphatic rings. The lowest BCUT2D eigenvalue weighted by Crippen LogP contribution is -2.33. The number of nitrogens with one attached hydrogen (secondary N) is 1. The molecule has 0 unspecified atom stereocenters. The third-order valence-corrected chi connectivity index (χ3v) is 6.68. The number of carbonyl (C=O) groups is 2. The van der Waals surface area contributed by atoms with Gasteiger partial charge < -0.3 is 16.8 Å². The summed E-state index contributed by atoms with van der Waals surface area (Å²) in [5, 5.41) is 11.3. The zero-order chi connectivity index (χ0) is 30.1. The summed E-state index contributed by atoms with van der Waals surface area (Å²) in [5.74, 6) is 5.41. The number of anilines is 1. The maximum atomic E-state index is 14.2. The number of nitrogen functional groups attached to an aromatic ring is 1. The van der Waals surface area contributed by atoms with Crippen LogP contribution in [0.5, 0.6) is 0 Å². The summed E-state index contributed by atoms with van der Waals surface area (Å²) in [5.41, 5.74) is 13.4. The average Bonchev–Trinajstić information content (AvgIpc) is 3.63. The van der Waals surface area contributed by atoms with E-state index in [0.29, 0.717) is 39.2 Å². The van der Waals surface area contributed by atoms with Crippen molar-refractivity contribution in [3.05, 3.63) is 112 Å². The third kappa shape index (κ3) is 4.98. The predicted molar refractivity (Wildman–Crippen MR) is 159 cm³/mol. The molecule has 4 heterocycles. The van der Waals surface area contributed by atoms with Crippen LogP contribution in [0.2, 0.25) is 0 Å². The molecule has 2 aromatic carbocycles. The van der Waals surface area contributed by atoms with Gasteiger partial charge in [0.2, 0.25) is 0 Å². The highest BCUT2D eigenvalue weighted by atomic mass is 16.2. The van der Waals surface area contributed by atoms with Crippen LogP contribution < -0.4 is 22.3 Å². The van der Waals surface area contributed by atoms with E-state index in [0.717, 1.165) is 4.68 Å². The fourth-order valence-electron chi connectivity index (χ4n) is 4.68. The van der Waals surface area contributed by atoms with E-state index in [-0.39, 0.29) is 29.4 Å². The fourth-order valence-corrected chi connectivity index (χ4v) is 4.68. The number of fused-ring (bicyclic) bond motifs is 2. The van der Waals surface area contributed by atoms with E-state index in [2.05, 4.69) is 32.3 Å². The first-order valence-corrected chi connectivity index (χ1v) is 13.2. The van der Waals surface area contributed by atoms with Gasteiger partial charge in [-0.2, -0.15) is 5.10 Å². The fraction of sp³-hybridized carbons (Fsp3) is 0.100. The van der Waals surface area contributed by atoms with Crippen molar-refractivity contribution >= 4 is 34.2 Å². The molecule has 1 amide bonds. The average molecular weight is 573 g/mol. The number of amides is 1. The zero-order valence-corrected chi connectivity index (χ0v) is 22.8. The summed E-state index contributed by atoms with van der Waals surface area (Å²) in [7, 11) is 0. The highest BCUT2D eigenvalue weighted by molar-refractivity contribution is 6.04. The van der Waals surface area contributed by atoms with Gasteiger partial charge in [-0.1, -0.05) is 36.1 Å². The van der Waals surface area contributed by atoms with Gasteiger partial charge in [-0.15, -0.1) is 5.10 Å². The SMILES string of the molecule is C[C@H](NC(=O)c1c(N)nn2cccnc12)c1nc2cccc(C#Cc3cnn(C(=O)CN)c3)c2c(=O)n1-c1ccccc1. The van der Waals surface area contributed by atoms with Crippen molar-refractivity contribution in [2.45, 2.75) is 13.0 Å². The van der Waals surface area contributed by atoms with Gasteiger partial charge in [0, 0.05) is 24.2 Å². The summed E-state index contributed by atoms with van der Waals surface area (Å²) < 4.78 is 4.00. The highest BCUT2D eigenvalue weighted by Crippen LogP contribution is 2.22. The number of aromatic nitrogens is 7. The minimum Gasteiger partial charge on any atom is -0.381 e. The smallest absolute Gasteiger partial charge is 0.267 e. The molecule has 212 valence electrons. The van der Waals surface area contributed by atoms with Crippen molar-refractivity contribution in [1.82, 2.24) is 39.2 Å². The van der Waals surface area contributed by atoms with E-state index in [1.165, 1.54) is 21.5 Å². The summed E-state index contributed by atoms with van der Waals surface area (Å²) in [4.78, 5) is 48.5. The first-order chi connectivity index (χ1) is 20.9. The first-order valence-electron chi connectivity index (χ1n) is 13.2. The molecule has 43 heavy (non-hydrogen) atoms. The first kappa shape index (κ1) is 27.1. The molecule has 4 aromatic heterocycles. The number of carbonyl (C=O) groups excluding carboxylic acids is 2. The number of nitrogens with two attached hydrogens (primary N) is 2. The Morgan fingerprint density at radius 2 is 1.88 bits per heavy atom. The normalized spacial score (nSPS) is 11.7. The molecule has 0 fully saturated rings. The van der Waals surface area contributed by atoms with E-state index in [9.17, 15) is 14.4 Å². The van der Waals surface area contributed by atoms with Gasteiger partial charge in [-0.3, -0.25) is 19.0 Å². The van der Waals surface area contributed by atoms with E-state index in [4.69, 9.17) is 16.5 Å². The number of nitrogens with zero attached hydrogens (tertiary/aromatic N) is 7. The molecule has 0 spiro atoms. The second-order valence-electron chi connectivity index (χ2n) is 9.51. The van der Waals surface area contributed by atoms with Crippen LogP contribution in [0, 0.1) is 11.8 Å². The van der Waals surface area contributed by atoms with Gasteiger partial charge in [0.25, 0.3) is 17.4 Å². The molecule has 0 aliphatic carbocycles. The monoisotopic (exact) mass is 572 g/mol. The largest absolute Gasteiger partial charge is 0.381 e. The van der Waals surface area contributed by atoms with E-state index in [1.807, 2.05) is 6.07 Å². The summed E-state index contributed by atoms with van der Waals surface area (Å²) in [6, 6.07) is 15.1. The van der Waals surface area contributed by atoms with Crippen molar-refractivity contribution in [3.63, 3.8) is 0 Å². The van der Waals surface area contributed by atoms with Crippen LogP contribution >= 0.6 is 0 Å². The van der Waals surface area contributed by atoms with Gasteiger partial charge in [0.1, 0.15) is 11.4 Å². The molecule has 0 aliphatic heterocycles. The maximum absolute atomic E-state index is 14.2. The Kier molecular flexibility index (Phi) is 6.94. The van der Waals surface area contributed by atoms with Gasteiger partial charge in [-0.05, 0) is 37.3 Å². The minimum absolute atomic E-state index is 0.0245. The molecule has 6 aromatic rings. The number of benzene rings is 2. The van der Waals surface area contributed by atoms with Gasteiger partial charge in [0.05, 0.1) is 40.9 Å². The van der Waals surface area contributed by atoms with Crippen molar-refractivity contribution in [3.8, 4) is 17.5 Å². The van der Waals surface area contributed by atoms with E-state index >= 15 is 0 Å². The number of hydrogen-bond acceptors (Lipinski definition) is 9. The van der Waals surface area contributed by atoms with E-state index < -0.39 is 11.9 Å². The molecule has 0 radical (unpaired) electrons. The van der Waals surface area contributed by atoms with Gasteiger partial charge in [0.15, 0.2) is 11.5 Å². The minimum atomic E-state index is -0.733. The van der Waals surface area contributed by atoms with Gasteiger partial charge in [-0.25, -0.2) is 19.2 Å². The molecular formula is C30H24N10O3. The van der Waals surface area contributed by atoms with Crippen LogP contribution in [0.3, 0.4) is 0 Å². The molecule has 13 nitrogen and oxygen atoms in total. The van der Waals surface area contributed by atoms with Crippen molar-refractivity contribution in [2.24, 2.45) is 5.73 Å².